The molecule has 0 radical (unpaired) electrons. The van der Waals surface area contributed by atoms with Crippen molar-refractivity contribution >= 4 is 11.6 Å². The second-order valence-electron chi connectivity index (χ2n) is 6.34. The Hall–Kier alpha value is -3.64. The fourth-order valence-corrected chi connectivity index (χ4v) is 3.13. The van der Waals surface area contributed by atoms with Gasteiger partial charge in [-0.3, -0.25) is 15.3 Å². The van der Waals surface area contributed by atoms with Crippen molar-refractivity contribution in [1.29, 1.82) is 0 Å². The Balaban J connectivity index is 1.56. The van der Waals surface area contributed by atoms with Crippen molar-refractivity contribution in [1.82, 2.24) is 0 Å². The van der Waals surface area contributed by atoms with Gasteiger partial charge < -0.3 is 14.6 Å². The molecule has 0 heterocycles. The van der Waals surface area contributed by atoms with Gasteiger partial charge in [-0.25, -0.2) is 0 Å². The van der Waals surface area contributed by atoms with Crippen LogP contribution in [0, 0.1) is 0 Å². The molecule has 3 aromatic carbocycles. The van der Waals surface area contributed by atoms with E-state index in [1.807, 2.05) is 0 Å². The first-order valence-corrected chi connectivity index (χ1v) is 8.70. The largest absolute Gasteiger partial charge is 0.508 e. The van der Waals surface area contributed by atoms with Gasteiger partial charge in [0.1, 0.15) is 23.9 Å². The molecule has 0 saturated carbocycles. The van der Waals surface area contributed by atoms with E-state index in [9.17, 15) is 14.7 Å². The molecule has 28 heavy (non-hydrogen) atoms. The van der Waals surface area contributed by atoms with E-state index >= 15 is 0 Å². The molecule has 140 valence electrons. The first-order valence-electron chi connectivity index (χ1n) is 8.70. The summed E-state index contributed by atoms with van der Waals surface area (Å²) in [5.41, 5.74) is 7.25. The SMILES string of the molecule is NC(COc1ccc(O)cc1)Oc1cccc2c1C(=O)c1ccccc1C2=O. The van der Waals surface area contributed by atoms with Crippen LogP contribution >= 0.6 is 0 Å². The summed E-state index contributed by atoms with van der Waals surface area (Å²) in [6, 6.07) is 17.8. The number of hydrogen-bond donors (Lipinski definition) is 2. The summed E-state index contributed by atoms with van der Waals surface area (Å²) in [5, 5.41) is 9.29. The zero-order valence-corrected chi connectivity index (χ0v) is 14.8. The predicted molar refractivity (Wildman–Crippen MR) is 102 cm³/mol. The van der Waals surface area contributed by atoms with Crippen LogP contribution in [0.25, 0.3) is 0 Å². The minimum atomic E-state index is -0.861. The Morgan fingerprint density at radius 2 is 1.46 bits per heavy atom. The second-order valence-corrected chi connectivity index (χ2v) is 6.34. The number of phenolic OH excluding ortho intramolecular Hbond substituents is 1. The lowest BCUT2D eigenvalue weighted by molar-refractivity contribution is 0.0965. The zero-order valence-electron chi connectivity index (χ0n) is 14.8. The molecule has 1 aliphatic carbocycles. The molecule has 0 bridgehead atoms. The summed E-state index contributed by atoms with van der Waals surface area (Å²) >= 11 is 0. The molecular formula is C22H17NO5. The van der Waals surface area contributed by atoms with Crippen molar-refractivity contribution in [2.75, 3.05) is 6.61 Å². The van der Waals surface area contributed by atoms with E-state index in [1.165, 1.54) is 12.1 Å². The van der Waals surface area contributed by atoms with Crippen LogP contribution in [0.2, 0.25) is 0 Å². The number of ether oxygens (including phenoxy) is 2. The Morgan fingerprint density at radius 1 is 0.821 bits per heavy atom. The molecule has 0 spiro atoms. The minimum Gasteiger partial charge on any atom is -0.508 e. The quantitative estimate of drug-likeness (QED) is 0.521. The van der Waals surface area contributed by atoms with Crippen LogP contribution in [0.4, 0.5) is 0 Å². The molecule has 3 aromatic rings. The summed E-state index contributed by atoms with van der Waals surface area (Å²) in [6.45, 7) is 0.0210. The molecule has 0 aromatic heterocycles. The molecule has 6 heteroatoms. The highest BCUT2D eigenvalue weighted by Gasteiger charge is 2.32. The summed E-state index contributed by atoms with van der Waals surface area (Å²) in [4.78, 5) is 25.7. The van der Waals surface area contributed by atoms with Crippen molar-refractivity contribution < 1.29 is 24.2 Å². The minimum absolute atomic E-state index is 0.0210. The van der Waals surface area contributed by atoms with E-state index in [4.69, 9.17) is 15.2 Å². The van der Waals surface area contributed by atoms with Crippen molar-refractivity contribution in [3.05, 3.63) is 89.0 Å². The van der Waals surface area contributed by atoms with Gasteiger partial charge in [-0.05, 0) is 30.3 Å². The molecule has 1 atom stereocenters. The lowest BCUT2D eigenvalue weighted by Crippen LogP contribution is -2.35. The number of carbonyl (C=O) groups excluding carboxylic acids is 2. The average molecular weight is 375 g/mol. The molecule has 0 fully saturated rings. The van der Waals surface area contributed by atoms with E-state index in [1.54, 1.807) is 54.6 Å². The number of ketones is 2. The normalized spacial score (nSPS) is 13.5. The van der Waals surface area contributed by atoms with E-state index in [-0.39, 0.29) is 35.2 Å². The van der Waals surface area contributed by atoms with Gasteiger partial charge in [0.15, 0.2) is 17.8 Å². The summed E-state index contributed by atoms with van der Waals surface area (Å²) in [6.07, 6.45) is -0.861. The van der Waals surface area contributed by atoms with Crippen molar-refractivity contribution in [2.24, 2.45) is 5.73 Å². The maximum atomic E-state index is 12.9. The first-order chi connectivity index (χ1) is 13.5. The van der Waals surface area contributed by atoms with Crippen LogP contribution < -0.4 is 15.2 Å². The standard InChI is InChI=1S/C22H17NO5/c23-19(12-27-14-10-8-13(24)9-11-14)28-18-7-3-6-17-20(18)22(26)16-5-2-1-4-15(16)21(17)25/h1-11,19,24H,12,23H2. The Labute approximate surface area is 161 Å². The van der Waals surface area contributed by atoms with Crippen LogP contribution in [0.3, 0.4) is 0 Å². The van der Waals surface area contributed by atoms with Crippen LogP contribution in [0.15, 0.2) is 66.7 Å². The number of nitrogens with two attached hydrogens (primary N) is 1. The van der Waals surface area contributed by atoms with Crippen LogP contribution in [0.1, 0.15) is 31.8 Å². The molecule has 0 amide bonds. The number of rotatable bonds is 5. The van der Waals surface area contributed by atoms with Gasteiger partial charge in [-0.1, -0.05) is 36.4 Å². The monoisotopic (exact) mass is 375 g/mol. The van der Waals surface area contributed by atoms with Gasteiger partial charge in [0.05, 0.1) is 5.56 Å². The fourth-order valence-electron chi connectivity index (χ4n) is 3.13. The third-order valence-electron chi connectivity index (χ3n) is 4.44. The summed E-state index contributed by atoms with van der Waals surface area (Å²) in [7, 11) is 0. The molecule has 0 saturated heterocycles. The Morgan fingerprint density at radius 3 is 2.18 bits per heavy atom. The Kier molecular flexibility index (Phi) is 4.55. The molecule has 0 aliphatic heterocycles. The van der Waals surface area contributed by atoms with E-state index in [2.05, 4.69) is 0 Å². The van der Waals surface area contributed by atoms with Gasteiger partial charge in [-0.2, -0.15) is 0 Å². The van der Waals surface area contributed by atoms with E-state index < -0.39 is 6.23 Å². The molecule has 6 nitrogen and oxygen atoms in total. The lowest BCUT2D eigenvalue weighted by atomic mass is 9.83. The number of benzene rings is 3. The number of phenols is 1. The number of aromatic hydroxyl groups is 1. The molecule has 3 N–H and O–H groups in total. The predicted octanol–water partition coefficient (Wildman–Crippen LogP) is 2.91. The van der Waals surface area contributed by atoms with Crippen LogP contribution in [0.5, 0.6) is 17.2 Å². The highest BCUT2D eigenvalue weighted by Crippen LogP contribution is 2.33. The highest BCUT2D eigenvalue weighted by atomic mass is 16.5. The lowest BCUT2D eigenvalue weighted by Gasteiger charge is -2.22. The number of carbonyl (C=O) groups is 2. The fraction of sp³-hybridized carbons (Fsp3) is 0.0909. The molecule has 1 aliphatic rings. The van der Waals surface area contributed by atoms with Gasteiger partial charge >= 0.3 is 0 Å². The summed E-state index contributed by atoms with van der Waals surface area (Å²) in [5.74, 6) is 0.406. The van der Waals surface area contributed by atoms with Crippen molar-refractivity contribution in [3.8, 4) is 17.2 Å². The van der Waals surface area contributed by atoms with Crippen molar-refractivity contribution in [2.45, 2.75) is 6.23 Å². The highest BCUT2D eigenvalue weighted by molar-refractivity contribution is 6.29. The maximum Gasteiger partial charge on any atom is 0.198 e. The van der Waals surface area contributed by atoms with E-state index in [0.717, 1.165) is 0 Å². The first kappa shape index (κ1) is 17.8. The molecular weight excluding hydrogens is 358 g/mol. The van der Waals surface area contributed by atoms with Gasteiger partial charge in [-0.15, -0.1) is 0 Å². The van der Waals surface area contributed by atoms with Crippen molar-refractivity contribution in [3.63, 3.8) is 0 Å². The maximum absolute atomic E-state index is 12.9. The van der Waals surface area contributed by atoms with E-state index in [0.29, 0.717) is 22.4 Å². The average Bonchev–Trinajstić information content (AvgIpc) is 2.71. The van der Waals surface area contributed by atoms with Crippen LogP contribution in [-0.4, -0.2) is 29.5 Å². The molecule has 4 rings (SSSR count). The van der Waals surface area contributed by atoms with Gasteiger partial charge in [0.2, 0.25) is 0 Å². The van der Waals surface area contributed by atoms with Gasteiger partial charge in [0, 0.05) is 16.7 Å². The Bertz CT molecular complexity index is 1060. The van der Waals surface area contributed by atoms with Crippen LogP contribution in [-0.2, 0) is 0 Å². The number of hydrogen-bond acceptors (Lipinski definition) is 6. The molecule has 1 unspecified atom stereocenters. The zero-order chi connectivity index (χ0) is 19.7. The topological polar surface area (TPSA) is 98.8 Å². The third kappa shape index (κ3) is 3.21. The second kappa shape index (κ2) is 7.17. The van der Waals surface area contributed by atoms with Gasteiger partial charge in [0.25, 0.3) is 0 Å². The third-order valence-corrected chi connectivity index (χ3v) is 4.44. The smallest absolute Gasteiger partial charge is 0.198 e. The number of fused-ring (bicyclic) bond motifs is 2. The summed E-state index contributed by atoms with van der Waals surface area (Å²) < 4.78 is 11.3.